The van der Waals surface area contributed by atoms with Crippen LogP contribution in [0.3, 0.4) is 0 Å². The summed E-state index contributed by atoms with van der Waals surface area (Å²) in [6.45, 7) is 3.26. The third-order valence-electron chi connectivity index (χ3n) is 7.23. The van der Waals surface area contributed by atoms with Gasteiger partial charge in [0.25, 0.3) is 5.91 Å². The van der Waals surface area contributed by atoms with Crippen LogP contribution in [-0.4, -0.2) is 53.9 Å². The number of ether oxygens (including phenoxy) is 1. The Hall–Kier alpha value is -4.76. The maximum absolute atomic E-state index is 12.8. The number of anilines is 3. The molecule has 3 heterocycles. The predicted octanol–water partition coefficient (Wildman–Crippen LogP) is 4.54. The van der Waals surface area contributed by atoms with Crippen molar-refractivity contribution in [3.63, 3.8) is 0 Å². The number of morpholine rings is 1. The van der Waals surface area contributed by atoms with E-state index in [9.17, 15) is 9.59 Å². The van der Waals surface area contributed by atoms with E-state index in [-0.39, 0.29) is 11.8 Å². The van der Waals surface area contributed by atoms with Gasteiger partial charge < -0.3 is 24.8 Å². The summed E-state index contributed by atoms with van der Waals surface area (Å²) in [5.74, 6) is -0.420. The molecule has 6 rings (SSSR count). The van der Waals surface area contributed by atoms with Gasteiger partial charge in [-0.2, -0.15) is 0 Å². The van der Waals surface area contributed by atoms with Crippen LogP contribution < -0.4 is 15.5 Å². The average Bonchev–Trinajstić information content (AvgIpc) is 3.55. The highest BCUT2D eigenvalue weighted by molar-refractivity contribution is 6.12. The third kappa shape index (κ3) is 5.50. The molecule has 9 heteroatoms. The van der Waals surface area contributed by atoms with Gasteiger partial charge in [0, 0.05) is 55.8 Å². The number of carbonyl (C=O) groups is 2. The standard InChI is InChI=1S/C31H30N6O3/c1-36-13-12-32-29(36)31(39)34-24-5-2-21(3-6-24)18-22-4-11-28-26(19-22)27(30(38)35-28)20-33-23-7-9-25(10-8-23)37-14-16-40-17-15-37/h2-13,19-20,27H,14-18H2,1H3,(H,34,39)(H,35,38). The molecule has 40 heavy (non-hydrogen) atoms. The Morgan fingerprint density at radius 2 is 1.82 bits per heavy atom. The Bertz CT molecular complexity index is 1550. The lowest BCUT2D eigenvalue weighted by Gasteiger charge is -2.28. The maximum atomic E-state index is 12.8. The van der Waals surface area contributed by atoms with E-state index in [1.54, 1.807) is 30.2 Å². The topological polar surface area (TPSA) is 101 Å². The SMILES string of the molecule is Cn1ccnc1C(=O)Nc1ccc(Cc2ccc3c(c2)C(C=Nc2ccc(N4CCOCC4)cc2)C(=O)N3)cc1. The fraction of sp³-hybridized carbons (Fsp3) is 0.226. The van der Waals surface area contributed by atoms with Crippen LogP contribution in [0.2, 0.25) is 0 Å². The molecule has 1 saturated heterocycles. The van der Waals surface area contributed by atoms with E-state index >= 15 is 0 Å². The number of aliphatic imine (C=N–C) groups is 1. The zero-order valence-electron chi connectivity index (χ0n) is 22.2. The molecule has 1 unspecified atom stereocenters. The normalized spacial score (nSPS) is 16.7. The first-order valence-corrected chi connectivity index (χ1v) is 13.3. The van der Waals surface area contributed by atoms with Gasteiger partial charge in [0.2, 0.25) is 5.91 Å². The molecule has 4 aromatic rings. The molecule has 2 aliphatic heterocycles. The molecule has 9 nitrogen and oxygen atoms in total. The number of benzene rings is 3. The monoisotopic (exact) mass is 534 g/mol. The van der Waals surface area contributed by atoms with Crippen LogP contribution in [0.5, 0.6) is 0 Å². The first-order chi connectivity index (χ1) is 19.5. The summed E-state index contributed by atoms with van der Waals surface area (Å²) >= 11 is 0. The van der Waals surface area contributed by atoms with E-state index in [0.717, 1.165) is 60.1 Å². The van der Waals surface area contributed by atoms with Crippen LogP contribution in [0.25, 0.3) is 0 Å². The van der Waals surface area contributed by atoms with Gasteiger partial charge in [0.1, 0.15) is 5.92 Å². The van der Waals surface area contributed by atoms with Gasteiger partial charge in [-0.25, -0.2) is 4.98 Å². The van der Waals surface area contributed by atoms with E-state index in [1.807, 2.05) is 48.5 Å². The van der Waals surface area contributed by atoms with Gasteiger partial charge in [-0.3, -0.25) is 14.6 Å². The molecule has 1 aromatic heterocycles. The largest absolute Gasteiger partial charge is 0.378 e. The van der Waals surface area contributed by atoms with Gasteiger partial charge in [0.15, 0.2) is 5.82 Å². The number of carbonyl (C=O) groups excluding carboxylic acids is 2. The number of rotatable bonds is 7. The van der Waals surface area contributed by atoms with Crippen molar-refractivity contribution < 1.29 is 14.3 Å². The molecule has 0 radical (unpaired) electrons. The minimum atomic E-state index is -0.447. The smallest absolute Gasteiger partial charge is 0.291 e. The summed E-state index contributed by atoms with van der Waals surface area (Å²) < 4.78 is 7.11. The quantitative estimate of drug-likeness (QED) is 0.339. The number of aryl methyl sites for hydroxylation is 1. The molecule has 1 atom stereocenters. The number of hydrogen-bond acceptors (Lipinski definition) is 6. The summed E-state index contributed by atoms with van der Waals surface area (Å²) in [5.41, 5.74) is 6.60. The van der Waals surface area contributed by atoms with Crippen LogP contribution >= 0.6 is 0 Å². The molecule has 0 bridgehead atoms. The number of imidazole rings is 1. The highest BCUT2D eigenvalue weighted by Gasteiger charge is 2.29. The van der Waals surface area contributed by atoms with Crippen LogP contribution in [0.1, 0.15) is 33.2 Å². The fourth-order valence-corrected chi connectivity index (χ4v) is 5.04. The summed E-state index contributed by atoms with van der Waals surface area (Å²) in [7, 11) is 1.78. The minimum Gasteiger partial charge on any atom is -0.378 e. The van der Waals surface area contributed by atoms with Crippen molar-refractivity contribution in [2.75, 3.05) is 41.8 Å². The Morgan fingerprint density at radius 3 is 2.55 bits per heavy atom. The van der Waals surface area contributed by atoms with E-state index < -0.39 is 5.92 Å². The fourth-order valence-electron chi connectivity index (χ4n) is 5.04. The van der Waals surface area contributed by atoms with Crippen molar-refractivity contribution in [1.29, 1.82) is 0 Å². The van der Waals surface area contributed by atoms with Crippen molar-refractivity contribution >= 4 is 40.8 Å². The molecule has 3 aromatic carbocycles. The lowest BCUT2D eigenvalue weighted by molar-refractivity contribution is -0.115. The Labute approximate surface area is 232 Å². The number of nitrogens with zero attached hydrogens (tertiary/aromatic N) is 4. The lowest BCUT2D eigenvalue weighted by Crippen LogP contribution is -2.36. The second-order valence-electron chi connectivity index (χ2n) is 9.97. The molecular weight excluding hydrogens is 504 g/mol. The molecule has 2 aliphatic rings. The van der Waals surface area contributed by atoms with E-state index in [4.69, 9.17) is 4.74 Å². The second kappa shape index (κ2) is 11.2. The van der Waals surface area contributed by atoms with Crippen LogP contribution in [0.15, 0.2) is 84.1 Å². The minimum absolute atomic E-state index is 0.0753. The molecule has 0 spiro atoms. The van der Waals surface area contributed by atoms with Crippen molar-refractivity contribution in [1.82, 2.24) is 9.55 Å². The second-order valence-corrected chi connectivity index (χ2v) is 9.97. The lowest BCUT2D eigenvalue weighted by atomic mass is 9.96. The van der Waals surface area contributed by atoms with Crippen molar-refractivity contribution in [3.8, 4) is 0 Å². The Kier molecular flexibility index (Phi) is 7.11. The van der Waals surface area contributed by atoms with Gasteiger partial charge in [-0.1, -0.05) is 24.3 Å². The average molecular weight is 535 g/mol. The van der Waals surface area contributed by atoms with Gasteiger partial charge >= 0.3 is 0 Å². The maximum Gasteiger partial charge on any atom is 0.291 e. The molecule has 0 saturated carbocycles. The van der Waals surface area contributed by atoms with E-state index in [1.165, 1.54) is 0 Å². The van der Waals surface area contributed by atoms with Crippen LogP contribution in [-0.2, 0) is 23.0 Å². The highest BCUT2D eigenvalue weighted by atomic mass is 16.5. The Morgan fingerprint density at radius 1 is 1.07 bits per heavy atom. The van der Waals surface area contributed by atoms with Gasteiger partial charge in [-0.05, 0) is 65.6 Å². The van der Waals surface area contributed by atoms with Crippen LogP contribution in [0, 0.1) is 0 Å². The van der Waals surface area contributed by atoms with Gasteiger partial charge in [0.05, 0.1) is 18.9 Å². The third-order valence-corrected chi connectivity index (χ3v) is 7.23. The van der Waals surface area contributed by atoms with E-state index in [2.05, 4.69) is 43.7 Å². The van der Waals surface area contributed by atoms with Gasteiger partial charge in [-0.15, -0.1) is 0 Å². The first-order valence-electron chi connectivity index (χ1n) is 13.3. The van der Waals surface area contributed by atoms with E-state index in [0.29, 0.717) is 17.9 Å². The number of fused-ring (bicyclic) bond motifs is 1. The number of amides is 2. The first kappa shape index (κ1) is 25.5. The molecule has 0 aliphatic carbocycles. The van der Waals surface area contributed by atoms with Crippen molar-refractivity contribution in [2.24, 2.45) is 12.0 Å². The predicted molar refractivity (Wildman–Crippen MR) is 156 cm³/mol. The summed E-state index contributed by atoms with van der Waals surface area (Å²) in [6.07, 6.45) is 5.76. The highest BCUT2D eigenvalue weighted by Crippen LogP contribution is 2.33. The van der Waals surface area contributed by atoms with Crippen molar-refractivity contribution in [2.45, 2.75) is 12.3 Å². The number of hydrogen-bond donors (Lipinski definition) is 2. The summed E-state index contributed by atoms with van der Waals surface area (Å²) in [5, 5.41) is 5.85. The zero-order valence-corrected chi connectivity index (χ0v) is 22.2. The Balaban J connectivity index is 1.12. The number of nitrogens with one attached hydrogen (secondary N) is 2. The molecule has 2 amide bonds. The van der Waals surface area contributed by atoms with Crippen LogP contribution in [0.4, 0.5) is 22.7 Å². The summed E-state index contributed by atoms with van der Waals surface area (Å²) in [6, 6.07) is 21.9. The van der Waals surface area contributed by atoms with Crippen molar-refractivity contribution in [3.05, 3.63) is 102 Å². The molecule has 1 fully saturated rings. The molecular formula is C31H30N6O3. The zero-order chi connectivity index (χ0) is 27.5. The molecule has 2 N–H and O–H groups in total. The molecule has 202 valence electrons. The number of aromatic nitrogens is 2. The summed E-state index contributed by atoms with van der Waals surface area (Å²) in [4.78, 5) is 36.2.